The van der Waals surface area contributed by atoms with Gasteiger partial charge in [-0.2, -0.15) is 0 Å². The molecule has 19 heavy (non-hydrogen) atoms. The molecule has 1 aromatic carbocycles. The Bertz CT molecular complexity index is 667. The molecule has 0 amide bonds. The Morgan fingerprint density at radius 2 is 1.95 bits per heavy atom. The second kappa shape index (κ2) is 5.47. The number of nitrogens with zero attached hydrogens (tertiary/aromatic N) is 2. The molecule has 2 aromatic heterocycles. The Morgan fingerprint density at radius 1 is 1.11 bits per heavy atom. The van der Waals surface area contributed by atoms with Gasteiger partial charge < -0.3 is 5.11 Å². The lowest BCUT2D eigenvalue weighted by molar-refractivity contribution is 0.168. The van der Waals surface area contributed by atoms with Gasteiger partial charge in [0.1, 0.15) is 0 Å². The van der Waals surface area contributed by atoms with Crippen LogP contribution in [0.1, 0.15) is 23.0 Å². The Kier molecular flexibility index (Phi) is 3.53. The molecule has 0 fully saturated rings. The monoisotopic (exact) mass is 270 g/mol. The number of rotatable bonds is 4. The minimum atomic E-state index is -0.450. The van der Waals surface area contributed by atoms with Crippen LogP contribution in [-0.4, -0.2) is 15.1 Å². The first kappa shape index (κ1) is 12.3. The molecule has 4 heteroatoms. The number of hydrogen-bond donors (Lipinski definition) is 1. The Labute approximate surface area is 115 Å². The zero-order valence-corrected chi connectivity index (χ0v) is 11.2. The van der Waals surface area contributed by atoms with Crippen molar-refractivity contribution in [3.8, 4) is 0 Å². The normalized spacial score (nSPS) is 12.7. The van der Waals surface area contributed by atoms with Crippen molar-refractivity contribution in [2.75, 3.05) is 0 Å². The molecule has 0 saturated heterocycles. The van der Waals surface area contributed by atoms with E-state index in [-0.39, 0.29) is 0 Å². The molecule has 0 spiro atoms. The standard InChI is InChI=1S/C15H14N2OS/c18-15(6-4-12-2-1-9-19-12)11-3-5-13-14(10-11)17-8-7-16-13/h1-3,5,7-10,15,18H,4,6H2. The minimum absolute atomic E-state index is 0.450. The molecule has 0 saturated carbocycles. The molecular formula is C15H14N2OS. The number of benzene rings is 1. The summed E-state index contributed by atoms with van der Waals surface area (Å²) in [7, 11) is 0. The van der Waals surface area contributed by atoms with E-state index in [0.717, 1.165) is 29.4 Å². The SMILES string of the molecule is OC(CCc1cccs1)c1ccc2nccnc2c1. The first-order chi connectivity index (χ1) is 9.33. The van der Waals surface area contributed by atoms with E-state index in [1.165, 1.54) is 4.88 Å². The van der Waals surface area contributed by atoms with Crippen molar-refractivity contribution in [2.24, 2.45) is 0 Å². The van der Waals surface area contributed by atoms with E-state index in [4.69, 9.17) is 0 Å². The number of aromatic nitrogens is 2. The predicted molar refractivity (Wildman–Crippen MR) is 77.1 cm³/mol. The molecule has 0 aliphatic heterocycles. The number of aliphatic hydroxyl groups is 1. The summed E-state index contributed by atoms with van der Waals surface area (Å²) < 4.78 is 0. The van der Waals surface area contributed by atoms with Gasteiger partial charge in [-0.15, -0.1) is 11.3 Å². The molecule has 96 valence electrons. The van der Waals surface area contributed by atoms with E-state index in [1.807, 2.05) is 24.3 Å². The van der Waals surface area contributed by atoms with Gasteiger partial charge in [0.2, 0.25) is 0 Å². The summed E-state index contributed by atoms with van der Waals surface area (Å²) in [5.41, 5.74) is 2.59. The lowest BCUT2D eigenvalue weighted by Crippen LogP contribution is -1.99. The van der Waals surface area contributed by atoms with Crippen molar-refractivity contribution in [3.05, 3.63) is 58.5 Å². The van der Waals surface area contributed by atoms with Crippen molar-refractivity contribution in [1.29, 1.82) is 0 Å². The maximum atomic E-state index is 10.2. The summed E-state index contributed by atoms with van der Waals surface area (Å²) in [5.74, 6) is 0. The van der Waals surface area contributed by atoms with Gasteiger partial charge in [0.15, 0.2) is 0 Å². The fourth-order valence-corrected chi connectivity index (χ4v) is 2.81. The molecule has 0 radical (unpaired) electrons. The molecule has 1 atom stereocenters. The smallest absolute Gasteiger partial charge is 0.0890 e. The van der Waals surface area contributed by atoms with Gasteiger partial charge in [-0.1, -0.05) is 12.1 Å². The summed E-state index contributed by atoms with van der Waals surface area (Å²) in [6, 6.07) is 9.89. The van der Waals surface area contributed by atoms with Crippen LogP contribution in [-0.2, 0) is 6.42 Å². The summed E-state index contributed by atoms with van der Waals surface area (Å²) in [6.45, 7) is 0. The topological polar surface area (TPSA) is 46.0 Å². The van der Waals surface area contributed by atoms with Crippen LogP contribution in [0, 0.1) is 0 Å². The molecule has 3 aromatic rings. The first-order valence-corrected chi connectivity index (χ1v) is 7.12. The third-order valence-electron chi connectivity index (χ3n) is 3.12. The van der Waals surface area contributed by atoms with Crippen LogP contribution in [0.15, 0.2) is 48.1 Å². The Morgan fingerprint density at radius 3 is 2.74 bits per heavy atom. The Hall–Kier alpha value is -1.78. The zero-order chi connectivity index (χ0) is 13.1. The number of fused-ring (bicyclic) bond motifs is 1. The van der Waals surface area contributed by atoms with E-state index in [9.17, 15) is 5.11 Å². The van der Waals surface area contributed by atoms with E-state index in [0.29, 0.717) is 0 Å². The van der Waals surface area contributed by atoms with Crippen molar-refractivity contribution < 1.29 is 5.11 Å². The Balaban J connectivity index is 1.75. The lowest BCUT2D eigenvalue weighted by atomic mass is 10.0. The number of aliphatic hydroxyl groups excluding tert-OH is 1. The molecule has 3 nitrogen and oxygen atoms in total. The second-order valence-corrected chi connectivity index (χ2v) is 5.47. The van der Waals surface area contributed by atoms with Gasteiger partial charge in [-0.25, -0.2) is 0 Å². The van der Waals surface area contributed by atoms with Crippen molar-refractivity contribution in [1.82, 2.24) is 9.97 Å². The van der Waals surface area contributed by atoms with E-state index in [1.54, 1.807) is 23.7 Å². The highest BCUT2D eigenvalue weighted by Gasteiger charge is 2.09. The third-order valence-corrected chi connectivity index (χ3v) is 4.06. The quantitative estimate of drug-likeness (QED) is 0.790. The maximum absolute atomic E-state index is 10.2. The highest BCUT2D eigenvalue weighted by atomic mass is 32.1. The number of aryl methyl sites for hydroxylation is 1. The van der Waals surface area contributed by atoms with Crippen LogP contribution < -0.4 is 0 Å². The van der Waals surface area contributed by atoms with Gasteiger partial charge in [-0.3, -0.25) is 9.97 Å². The summed E-state index contributed by atoms with van der Waals surface area (Å²) in [4.78, 5) is 9.79. The maximum Gasteiger partial charge on any atom is 0.0890 e. The van der Waals surface area contributed by atoms with E-state index >= 15 is 0 Å². The third kappa shape index (κ3) is 2.80. The molecule has 3 rings (SSSR count). The van der Waals surface area contributed by atoms with Crippen LogP contribution in [0.2, 0.25) is 0 Å². The van der Waals surface area contributed by atoms with Crippen LogP contribution in [0.3, 0.4) is 0 Å². The number of hydrogen-bond acceptors (Lipinski definition) is 4. The summed E-state index contributed by atoms with van der Waals surface area (Å²) in [5, 5.41) is 12.3. The lowest BCUT2D eigenvalue weighted by Gasteiger charge is -2.10. The predicted octanol–water partition coefficient (Wildman–Crippen LogP) is 3.36. The van der Waals surface area contributed by atoms with E-state index < -0.39 is 6.10 Å². The second-order valence-electron chi connectivity index (χ2n) is 4.44. The van der Waals surface area contributed by atoms with Crippen LogP contribution >= 0.6 is 11.3 Å². The van der Waals surface area contributed by atoms with Gasteiger partial charge >= 0.3 is 0 Å². The molecule has 2 heterocycles. The van der Waals surface area contributed by atoms with Crippen molar-refractivity contribution in [3.63, 3.8) is 0 Å². The van der Waals surface area contributed by atoms with Crippen molar-refractivity contribution in [2.45, 2.75) is 18.9 Å². The average molecular weight is 270 g/mol. The van der Waals surface area contributed by atoms with Crippen LogP contribution in [0.4, 0.5) is 0 Å². The van der Waals surface area contributed by atoms with Gasteiger partial charge in [0, 0.05) is 17.3 Å². The molecular weight excluding hydrogens is 256 g/mol. The fraction of sp³-hybridized carbons (Fsp3) is 0.200. The molecule has 0 bridgehead atoms. The highest BCUT2D eigenvalue weighted by Crippen LogP contribution is 2.23. The van der Waals surface area contributed by atoms with Gasteiger partial charge in [0.05, 0.1) is 17.1 Å². The van der Waals surface area contributed by atoms with Crippen molar-refractivity contribution >= 4 is 22.4 Å². The van der Waals surface area contributed by atoms with Crippen LogP contribution in [0.5, 0.6) is 0 Å². The minimum Gasteiger partial charge on any atom is -0.388 e. The first-order valence-electron chi connectivity index (χ1n) is 6.24. The molecule has 1 unspecified atom stereocenters. The molecule has 1 N–H and O–H groups in total. The van der Waals surface area contributed by atoms with Gasteiger partial charge in [0.25, 0.3) is 0 Å². The molecule has 0 aliphatic carbocycles. The number of thiophene rings is 1. The van der Waals surface area contributed by atoms with Crippen LogP contribution in [0.25, 0.3) is 11.0 Å². The highest BCUT2D eigenvalue weighted by molar-refractivity contribution is 7.09. The summed E-state index contributed by atoms with van der Waals surface area (Å²) >= 11 is 1.73. The van der Waals surface area contributed by atoms with E-state index in [2.05, 4.69) is 21.4 Å². The van der Waals surface area contributed by atoms with Gasteiger partial charge in [-0.05, 0) is 42.0 Å². The molecule has 0 aliphatic rings. The largest absolute Gasteiger partial charge is 0.388 e. The summed E-state index contributed by atoms with van der Waals surface area (Å²) in [6.07, 6.45) is 4.52. The average Bonchev–Trinajstić information content (AvgIpc) is 2.97. The fourth-order valence-electron chi connectivity index (χ4n) is 2.09. The zero-order valence-electron chi connectivity index (χ0n) is 10.4.